The number of nitrogens with zero attached hydrogens (tertiary/aromatic N) is 2. The summed E-state index contributed by atoms with van der Waals surface area (Å²) in [6.45, 7) is 0.717. The van der Waals surface area contributed by atoms with E-state index in [1.54, 1.807) is 22.7 Å². The Kier molecular flexibility index (Phi) is 2.33. The molecule has 1 saturated heterocycles. The molecule has 0 radical (unpaired) electrons. The number of fused-ring (bicyclic) bond motifs is 1. The monoisotopic (exact) mass is 232 g/mol. The molecule has 88 valence electrons. The van der Waals surface area contributed by atoms with Crippen LogP contribution in [0.15, 0.2) is 24.4 Å². The van der Waals surface area contributed by atoms with Crippen molar-refractivity contribution >= 4 is 11.5 Å². The summed E-state index contributed by atoms with van der Waals surface area (Å²) in [6, 6.07) is 5.15. The van der Waals surface area contributed by atoms with Crippen LogP contribution in [0.2, 0.25) is 0 Å². The molecule has 1 aliphatic heterocycles. The van der Waals surface area contributed by atoms with E-state index >= 15 is 0 Å². The van der Waals surface area contributed by atoms with Gasteiger partial charge >= 0.3 is 5.97 Å². The maximum Gasteiger partial charge on any atom is 0.352 e. The predicted octanol–water partition coefficient (Wildman–Crippen LogP) is 1.88. The summed E-state index contributed by atoms with van der Waals surface area (Å²) < 4.78 is 7.23. The van der Waals surface area contributed by atoms with Crippen molar-refractivity contribution in [3.63, 3.8) is 0 Å². The van der Waals surface area contributed by atoms with Crippen LogP contribution in [0.25, 0.3) is 5.52 Å². The molecular formula is C12H12N2O3. The molecule has 1 unspecified atom stereocenters. The van der Waals surface area contributed by atoms with Gasteiger partial charge in [0.1, 0.15) is 17.6 Å². The van der Waals surface area contributed by atoms with Gasteiger partial charge in [-0.05, 0) is 25.0 Å². The zero-order valence-electron chi connectivity index (χ0n) is 9.17. The first-order chi connectivity index (χ1) is 8.27. The van der Waals surface area contributed by atoms with Crippen molar-refractivity contribution in [3.05, 3.63) is 35.9 Å². The van der Waals surface area contributed by atoms with Gasteiger partial charge in [0.05, 0.1) is 11.7 Å². The number of hydrogen-bond donors (Lipinski definition) is 1. The lowest BCUT2D eigenvalue weighted by Gasteiger charge is -2.10. The topological polar surface area (TPSA) is 63.8 Å². The number of aromatic carboxylic acids is 1. The highest BCUT2D eigenvalue weighted by Crippen LogP contribution is 2.28. The third kappa shape index (κ3) is 1.59. The molecule has 0 amide bonds. The van der Waals surface area contributed by atoms with E-state index in [0.717, 1.165) is 25.0 Å². The van der Waals surface area contributed by atoms with Gasteiger partial charge in [-0.2, -0.15) is 0 Å². The molecule has 1 aliphatic rings. The van der Waals surface area contributed by atoms with Crippen LogP contribution in [-0.4, -0.2) is 27.1 Å². The fraction of sp³-hybridized carbons (Fsp3) is 0.333. The predicted molar refractivity (Wildman–Crippen MR) is 60.1 cm³/mol. The second-order valence-electron chi connectivity index (χ2n) is 4.09. The van der Waals surface area contributed by atoms with Crippen LogP contribution < -0.4 is 0 Å². The quantitative estimate of drug-likeness (QED) is 0.858. The molecule has 0 aliphatic carbocycles. The van der Waals surface area contributed by atoms with Crippen LogP contribution in [0, 0.1) is 0 Å². The molecule has 0 spiro atoms. The SMILES string of the molecule is O=C(O)c1cccc2cnc(C3CCCO3)n12. The molecule has 1 fully saturated rings. The van der Waals surface area contributed by atoms with Gasteiger partial charge in [-0.15, -0.1) is 0 Å². The number of aromatic nitrogens is 2. The Labute approximate surface area is 97.7 Å². The second-order valence-corrected chi connectivity index (χ2v) is 4.09. The lowest BCUT2D eigenvalue weighted by atomic mass is 10.2. The minimum atomic E-state index is -0.951. The first-order valence-corrected chi connectivity index (χ1v) is 5.58. The summed E-state index contributed by atoms with van der Waals surface area (Å²) in [6.07, 6.45) is 3.49. The van der Waals surface area contributed by atoms with Crippen LogP contribution in [0.3, 0.4) is 0 Å². The second kappa shape index (κ2) is 3.85. The van der Waals surface area contributed by atoms with Crippen molar-refractivity contribution in [2.45, 2.75) is 18.9 Å². The molecule has 2 aromatic rings. The highest BCUT2D eigenvalue weighted by molar-refractivity contribution is 5.86. The van der Waals surface area contributed by atoms with Crippen molar-refractivity contribution in [2.75, 3.05) is 6.61 Å². The van der Waals surface area contributed by atoms with Gasteiger partial charge in [0.2, 0.25) is 0 Å². The van der Waals surface area contributed by atoms with E-state index in [-0.39, 0.29) is 11.8 Å². The van der Waals surface area contributed by atoms with Crippen LogP contribution >= 0.6 is 0 Å². The highest BCUT2D eigenvalue weighted by atomic mass is 16.5. The number of pyridine rings is 1. The standard InChI is InChI=1S/C12H12N2O3/c15-12(16)9-4-1-3-8-7-13-11(14(8)9)10-5-2-6-17-10/h1,3-4,7,10H,2,5-6H2,(H,15,16). The zero-order valence-corrected chi connectivity index (χ0v) is 9.17. The van der Waals surface area contributed by atoms with Crippen molar-refractivity contribution in [2.24, 2.45) is 0 Å². The maximum absolute atomic E-state index is 11.2. The normalized spacial score (nSPS) is 19.9. The molecule has 0 saturated carbocycles. The Morgan fingerprint density at radius 2 is 2.41 bits per heavy atom. The van der Waals surface area contributed by atoms with Gasteiger partial charge in [-0.1, -0.05) is 6.07 Å². The molecule has 2 aromatic heterocycles. The summed E-state index contributed by atoms with van der Waals surface area (Å²) in [7, 11) is 0. The van der Waals surface area contributed by atoms with Gasteiger partial charge in [0.15, 0.2) is 0 Å². The van der Waals surface area contributed by atoms with Crippen LogP contribution in [0.1, 0.15) is 35.3 Å². The first kappa shape index (κ1) is 10.3. The minimum absolute atomic E-state index is 0.0852. The number of carbonyl (C=O) groups is 1. The number of hydrogen-bond acceptors (Lipinski definition) is 3. The molecule has 1 atom stereocenters. The Bertz CT molecular complexity index is 570. The van der Waals surface area contributed by atoms with Crippen molar-refractivity contribution in [3.8, 4) is 0 Å². The van der Waals surface area contributed by atoms with E-state index in [1.807, 2.05) is 6.07 Å². The van der Waals surface area contributed by atoms with E-state index in [0.29, 0.717) is 5.82 Å². The average molecular weight is 232 g/mol. The summed E-state index contributed by atoms with van der Waals surface area (Å²) in [5, 5.41) is 9.18. The van der Waals surface area contributed by atoms with E-state index in [9.17, 15) is 9.90 Å². The zero-order chi connectivity index (χ0) is 11.8. The van der Waals surface area contributed by atoms with E-state index in [4.69, 9.17) is 4.74 Å². The summed E-state index contributed by atoms with van der Waals surface area (Å²) >= 11 is 0. The van der Waals surface area contributed by atoms with Crippen LogP contribution in [0.4, 0.5) is 0 Å². The molecule has 3 rings (SSSR count). The first-order valence-electron chi connectivity index (χ1n) is 5.58. The van der Waals surface area contributed by atoms with Gasteiger partial charge in [-0.25, -0.2) is 9.78 Å². The lowest BCUT2D eigenvalue weighted by molar-refractivity contribution is 0.0685. The summed E-state index contributed by atoms with van der Waals surface area (Å²) in [5.74, 6) is -0.261. The number of carboxylic acid groups (broad SMARTS) is 1. The largest absolute Gasteiger partial charge is 0.477 e. The molecule has 5 heteroatoms. The Morgan fingerprint density at radius 1 is 1.53 bits per heavy atom. The fourth-order valence-corrected chi connectivity index (χ4v) is 2.25. The minimum Gasteiger partial charge on any atom is -0.477 e. The van der Waals surface area contributed by atoms with Crippen LogP contribution in [0.5, 0.6) is 0 Å². The Morgan fingerprint density at radius 3 is 3.12 bits per heavy atom. The summed E-state index contributed by atoms with van der Waals surface area (Å²) in [4.78, 5) is 15.5. The fourth-order valence-electron chi connectivity index (χ4n) is 2.25. The van der Waals surface area contributed by atoms with Crippen molar-refractivity contribution in [1.29, 1.82) is 0 Å². The van der Waals surface area contributed by atoms with Gasteiger partial charge < -0.3 is 9.84 Å². The van der Waals surface area contributed by atoms with E-state index in [2.05, 4.69) is 4.98 Å². The van der Waals surface area contributed by atoms with E-state index < -0.39 is 5.97 Å². The number of rotatable bonds is 2. The number of ether oxygens (including phenoxy) is 1. The molecule has 17 heavy (non-hydrogen) atoms. The van der Waals surface area contributed by atoms with Gasteiger partial charge in [-0.3, -0.25) is 4.40 Å². The number of imidazole rings is 1. The van der Waals surface area contributed by atoms with E-state index in [1.165, 1.54) is 0 Å². The Hall–Kier alpha value is -1.88. The Balaban J connectivity index is 2.21. The van der Waals surface area contributed by atoms with Gasteiger partial charge in [0.25, 0.3) is 0 Å². The average Bonchev–Trinajstić information content (AvgIpc) is 2.96. The smallest absolute Gasteiger partial charge is 0.352 e. The molecule has 1 N–H and O–H groups in total. The molecule has 0 aromatic carbocycles. The van der Waals surface area contributed by atoms with Crippen molar-refractivity contribution < 1.29 is 14.6 Å². The molecule has 5 nitrogen and oxygen atoms in total. The molecule has 0 bridgehead atoms. The lowest BCUT2D eigenvalue weighted by Crippen LogP contribution is -2.10. The molecular weight excluding hydrogens is 220 g/mol. The third-order valence-electron chi connectivity index (χ3n) is 3.02. The van der Waals surface area contributed by atoms with Crippen LogP contribution in [-0.2, 0) is 4.74 Å². The maximum atomic E-state index is 11.2. The van der Waals surface area contributed by atoms with Gasteiger partial charge in [0, 0.05) is 6.61 Å². The highest BCUT2D eigenvalue weighted by Gasteiger charge is 2.24. The third-order valence-corrected chi connectivity index (χ3v) is 3.02. The molecule has 3 heterocycles. The summed E-state index contributed by atoms with van der Waals surface area (Å²) in [5.41, 5.74) is 1.01. The van der Waals surface area contributed by atoms with Crippen molar-refractivity contribution in [1.82, 2.24) is 9.38 Å². The number of carboxylic acids is 1.